The summed E-state index contributed by atoms with van der Waals surface area (Å²) in [7, 11) is 0. The fraction of sp³-hybridized carbons (Fsp3) is 0.207. The number of hydrogen-bond donors (Lipinski definition) is 1. The van der Waals surface area contributed by atoms with Crippen molar-refractivity contribution < 1.29 is 23.1 Å². The van der Waals surface area contributed by atoms with Crippen molar-refractivity contribution in [3.8, 4) is 5.75 Å². The number of halogens is 3. The van der Waals surface area contributed by atoms with Crippen LogP contribution in [0.4, 0.5) is 13.2 Å². The number of carbonyl (C=O) groups excluding carboxylic acids is 1. The molecule has 0 aromatic heterocycles. The number of phenols is 1. The van der Waals surface area contributed by atoms with E-state index in [-0.39, 0.29) is 35.5 Å². The van der Waals surface area contributed by atoms with E-state index in [9.17, 15) is 23.1 Å². The van der Waals surface area contributed by atoms with Gasteiger partial charge in [-0.25, -0.2) is 0 Å². The molecule has 0 atom stereocenters. The lowest BCUT2D eigenvalue weighted by atomic mass is 9.96. The number of Topliss-reactive ketones (excluding diaryl/α,β-unsaturated/α-hetero) is 1. The van der Waals surface area contributed by atoms with Crippen LogP contribution >= 0.6 is 0 Å². The van der Waals surface area contributed by atoms with Crippen molar-refractivity contribution in [2.75, 3.05) is 0 Å². The Hall–Kier alpha value is -3.60. The third-order valence-corrected chi connectivity index (χ3v) is 6.08. The standard InChI is InChI=1S/C29H25F3O2/c1-19-15-25(29(30,31)32)17-24(28(19)34)18-26(33)14-13-20-9-11-21(12-10-20)16-23-7-4-6-22-5-2-3-8-27(22)23/h2-12,15,17,34H,13-14,16,18H2,1H3. The van der Waals surface area contributed by atoms with E-state index in [1.165, 1.54) is 23.3 Å². The van der Waals surface area contributed by atoms with E-state index in [2.05, 4.69) is 30.3 Å². The van der Waals surface area contributed by atoms with E-state index >= 15 is 0 Å². The first-order valence-corrected chi connectivity index (χ1v) is 11.2. The molecule has 2 nitrogen and oxygen atoms in total. The molecular weight excluding hydrogens is 437 g/mol. The Kier molecular flexibility index (Phi) is 6.73. The molecule has 4 aromatic rings. The molecule has 0 saturated heterocycles. The van der Waals surface area contributed by atoms with Crippen LogP contribution in [0.5, 0.6) is 5.75 Å². The van der Waals surface area contributed by atoms with Gasteiger partial charge in [-0.3, -0.25) is 4.79 Å². The van der Waals surface area contributed by atoms with Gasteiger partial charge < -0.3 is 5.11 Å². The van der Waals surface area contributed by atoms with Crippen LogP contribution in [-0.4, -0.2) is 10.9 Å². The van der Waals surface area contributed by atoms with Crippen molar-refractivity contribution in [1.29, 1.82) is 0 Å². The maximum absolute atomic E-state index is 13.1. The zero-order valence-corrected chi connectivity index (χ0v) is 18.8. The van der Waals surface area contributed by atoms with Gasteiger partial charge in [-0.1, -0.05) is 66.7 Å². The first-order chi connectivity index (χ1) is 16.2. The van der Waals surface area contributed by atoms with Crippen LogP contribution in [-0.2, 0) is 30.2 Å². The van der Waals surface area contributed by atoms with Crippen LogP contribution in [0.1, 0.15) is 39.8 Å². The lowest BCUT2D eigenvalue weighted by Crippen LogP contribution is -2.09. The predicted molar refractivity (Wildman–Crippen MR) is 128 cm³/mol. The molecule has 0 heterocycles. The van der Waals surface area contributed by atoms with Crippen LogP contribution in [0.25, 0.3) is 10.8 Å². The number of rotatable bonds is 7. The molecule has 34 heavy (non-hydrogen) atoms. The summed E-state index contributed by atoms with van der Waals surface area (Å²) in [4.78, 5) is 12.5. The summed E-state index contributed by atoms with van der Waals surface area (Å²) in [6.45, 7) is 1.40. The van der Waals surface area contributed by atoms with Gasteiger partial charge in [0, 0.05) is 18.4 Å². The van der Waals surface area contributed by atoms with Crippen molar-refractivity contribution in [2.45, 2.75) is 38.8 Å². The Morgan fingerprint density at radius 2 is 1.53 bits per heavy atom. The average Bonchev–Trinajstić information content (AvgIpc) is 2.81. The van der Waals surface area contributed by atoms with Gasteiger partial charge in [0.1, 0.15) is 11.5 Å². The highest BCUT2D eigenvalue weighted by Gasteiger charge is 2.32. The Labute approximate surface area is 196 Å². The molecule has 0 fully saturated rings. The molecule has 0 radical (unpaired) electrons. The molecule has 0 bridgehead atoms. The average molecular weight is 463 g/mol. The highest BCUT2D eigenvalue weighted by Crippen LogP contribution is 2.34. The minimum Gasteiger partial charge on any atom is -0.507 e. The molecular formula is C29H25F3O2. The zero-order chi connectivity index (χ0) is 24.3. The van der Waals surface area contributed by atoms with Gasteiger partial charge in [0.15, 0.2) is 0 Å². The van der Waals surface area contributed by atoms with E-state index < -0.39 is 11.7 Å². The van der Waals surface area contributed by atoms with Crippen LogP contribution in [0.15, 0.2) is 78.9 Å². The van der Waals surface area contributed by atoms with Crippen molar-refractivity contribution in [3.05, 3.63) is 112 Å². The van der Waals surface area contributed by atoms with Crippen LogP contribution in [0.3, 0.4) is 0 Å². The number of alkyl halides is 3. The maximum atomic E-state index is 13.1. The summed E-state index contributed by atoms with van der Waals surface area (Å²) >= 11 is 0. The van der Waals surface area contributed by atoms with Crippen molar-refractivity contribution >= 4 is 16.6 Å². The zero-order valence-electron chi connectivity index (χ0n) is 18.8. The van der Waals surface area contributed by atoms with Crippen LogP contribution in [0.2, 0.25) is 0 Å². The van der Waals surface area contributed by atoms with Gasteiger partial charge in [-0.2, -0.15) is 13.2 Å². The van der Waals surface area contributed by atoms with Crippen LogP contribution in [0, 0.1) is 6.92 Å². The smallest absolute Gasteiger partial charge is 0.416 e. The third kappa shape index (κ3) is 5.48. The predicted octanol–water partition coefficient (Wildman–Crippen LogP) is 7.21. The van der Waals surface area contributed by atoms with Gasteiger partial charge in [0.2, 0.25) is 0 Å². The summed E-state index contributed by atoms with van der Waals surface area (Å²) in [6, 6.07) is 24.4. The first kappa shape index (κ1) is 23.6. The van der Waals surface area contributed by atoms with E-state index in [4.69, 9.17) is 0 Å². The molecule has 0 aliphatic rings. The SMILES string of the molecule is Cc1cc(C(F)(F)F)cc(CC(=O)CCc2ccc(Cc3cccc4ccccc34)cc2)c1O. The normalized spacial score (nSPS) is 11.6. The molecule has 0 unspecified atom stereocenters. The van der Waals surface area contributed by atoms with Gasteiger partial charge in [-0.15, -0.1) is 0 Å². The van der Waals surface area contributed by atoms with Gasteiger partial charge in [-0.05, 0) is 64.9 Å². The molecule has 5 heteroatoms. The monoisotopic (exact) mass is 462 g/mol. The van der Waals surface area contributed by atoms with Crippen molar-refractivity contribution in [3.63, 3.8) is 0 Å². The molecule has 1 N–H and O–H groups in total. The third-order valence-electron chi connectivity index (χ3n) is 6.08. The Morgan fingerprint density at radius 3 is 2.26 bits per heavy atom. The number of fused-ring (bicyclic) bond motifs is 1. The molecule has 0 aliphatic carbocycles. The molecule has 0 aliphatic heterocycles. The number of phenolic OH excluding ortho intramolecular Hbond substituents is 1. The molecule has 0 saturated carbocycles. The Balaban J connectivity index is 1.38. The minimum absolute atomic E-state index is 0.0164. The second-order valence-corrected chi connectivity index (χ2v) is 8.65. The number of benzene rings is 4. The van der Waals surface area contributed by atoms with Crippen LogP contribution < -0.4 is 0 Å². The second-order valence-electron chi connectivity index (χ2n) is 8.65. The summed E-state index contributed by atoms with van der Waals surface area (Å²) in [5.41, 5.74) is 2.67. The number of ketones is 1. The van der Waals surface area contributed by atoms with E-state index in [0.717, 1.165) is 29.7 Å². The topological polar surface area (TPSA) is 37.3 Å². The molecule has 174 valence electrons. The van der Waals surface area contributed by atoms with Gasteiger partial charge >= 0.3 is 6.18 Å². The van der Waals surface area contributed by atoms with Gasteiger partial charge in [0.05, 0.1) is 5.56 Å². The number of aromatic hydroxyl groups is 1. The summed E-state index contributed by atoms with van der Waals surface area (Å²) in [5, 5.41) is 12.6. The van der Waals surface area contributed by atoms with E-state index in [1.54, 1.807) is 0 Å². The Bertz CT molecular complexity index is 1320. The lowest BCUT2D eigenvalue weighted by molar-refractivity contribution is -0.137. The number of hydrogen-bond acceptors (Lipinski definition) is 2. The summed E-state index contributed by atoms with van der Waals surface area (Å²) in [5.74, 6) is -0.465. The lowest BCUT2D eigenvalue weighted by Gasteiger charge is -2.13. The maximum Gasteiger partial charge on any atom is 0.416 e. The van der Waals surface area contributed by atoms with E-state index in [1.807, 2.05) is 36.4 Å². The molecule has 4 aromatic carbocycles. The van der Waals surface area contributed by atoms with Crippen molar-refractivity contribution in [2.24, 2.45) is 0 Å². The van der Waals surface area contributed by atoms with Crippen molar-refractivity contribution in [1.82, 2.24) is 0 Å². The Morgan fingerprint density at radius 1 is 0.853 bits per heavy atom. The largest absolute Gasteiger partial charge is 0.507 e. The molecule has 4 rings (SSSR count). The number of aryl methyl sites for hydroxylation is 2. The van der Waals surface area contributed by atoms with Gasteiger partial charge in [0.25, 0.3) is 0 Å². The minimum atomic E-state index is -4.52. The first-order valence-electron chi connectivity index (χ1n) is 11.2. The summed E-state index contributed by atoms with van der Waals surface area (Å²) in [6.07, 6.45) is -3.27. The highest BCUT2D eigenvalue weighted by molar-refractivity contribution is 5.86. The molecule has 0 spiro atoms. The summed E-state index contributed by atoms with van der Waals surface area (Å²) < 4.78 is 39.2. The highest BCUT2D eigenvalue weighted by atomic mass is 19.4. The molecule has 0 amide bonds. The second kappa shape index (κ2) is 9.72. The fourth-order valence-electron chi connectivity index (χ4n) is 4.23. The quantitative estimate of drug-likeness (QED) is 0.315. The number of carbonyl (C=O) groups is 1. The van der Waals surface area contributed by atoms with E-state index in [0.29, 0.717) is 6.42 Å². The fourth-order valence-corrected chi connectivity index (χ4v) is 4.23.